The van der Waals surface area contributed by atoms with Crippen molar-refractivity contribution in [2.24, 2.45) is 7.05 Å². The van der Waals surface area contributed by atoms with E-state index in [1.54, 1.807) is 17.8 Å². The Kier molecular flexibility index (Phi) is 4.99. The van der Waals surface area contributed by atoms with Gasteiger partial charge in [-0.2, -0.15) is 5.10 Å². The molecule has 2 aromatic rings. The Morgan fingerprint density at radius 3 is 2.76 bits per heavy atom. The maximum atomic E-state index is 12.2. The van der Waals surface area contributed by atoms with Crippen molar-refractivity contribution in [2.45, 2.75) is 19.9 Å². The van der Waals surface area contributed by atoms with E-state index in [4.69, 9.17) is 21.1 Å². The molecule has 25 heavy (non-hydrogen) atoms. The summed E-state index contributed by atoms with van der Waals surface area (Å²) in [5.41, 5.74) is 2.46. The Hall–Kier alpha value is -2.47. The molecule has 0 spiro atoms. The van der Waals surface area contributed by atoms with Gasteiger partial charge in [0.05, 0.1) is 11.7 Å². The van der Waals surface area contributed by atoms with Crippen molar-refractivity contribution < 1.29 is 14.3 Å². The first-order valence-corrected chi connectivity index (χ1v) is 8.40. The summed E-state index contributed by atoms with van der Waals surface area (Å²) < 4.78 is 12.7. The fourth-order valence-electron chi connectivity index (χ4n) is 2.67. The van der Waals surface area contributed by atoms with E-state index in [9.17, 15) is 4.79 Å². The quantitative estimate of drug-likeness (QED) is 0.850. The zero-order valence-corrected chi connectivity index (χ0v) is 15.1. The molecular weight excluding hydrogens is 342 g/mol. The van der Waals surface area contributed by atoms with Crippen LogP contribution in [0, 0.1) is 6.92 Å². The van der Waals surface area contributed by atoms with Gasteiger partial charge in [-0.1, -0.05) is 17.7 Å². The standard InChI is InChI=1S/C18H20ClN3O3/c1-11(13-4-6-15-16(10-13)25-9-8-24-15)20-17(23)7-5-14-12(2)21-22(3)18(14)19/h4-7,10-11H,8-9H2,1-3H3,(H,20,23)/b7-5+. The van der Waals surface area contributed by atoms with Crippen molar-refractivity contribution in [1.82, 2.24) is 15.1 Å². The number of benzene rings is 1. The van der Waals surface area contributed by atoms with E-state index in [1.165, 1.54) is 6.08 Å². The molecule has 0 aliphatic carbocycles. The lowest BCUT2D eigenvalue weighted by Gasteiger charge is -2.20. The molecule has 2 heterocycles. The highest BCUT2D eigenvalue weighted by atomic mass is 35.5. The van der Waals surface area contributed by atoms with E-state index in [0.717, 1.165) is 22.6 Å². The molecule has 0 saturated heterocycles. The lowest BCUT2D eigenvalue weighted by atomic mass is 10.1. The zero-order valence-electron chi connectivity index (χ0n) is 14.4. The van der Waals surface area contributed by atoms with Crippen molar-refractivity contribution in [2.75, 3.05) is 13.2 Å². The molecule has 0 saturated carbocycles. The molecule has 1 unspecified atom stereocenters. The summed E-state index contributed by atoms with van der Waals surface area (Å²) in [4.78, 5) is 12.2. The van der Waals surface area contributed by atoms with Gasteiger partial charge < -0.3 is 14.8 Å². The first-order valence-electron chi connectivity index (χ1n) is 8.03. The van der Waals surface area contributed by atoms with Crippen molar-refractivity contribution in [3.63, 3.8) is 0 Å². The van der Waals surface area contributed by atoms with E-state index in [0.29, 0.717) is 24.1 Å². The summed E-state index contributed by atoms with van der Waals surface area (Å²) in [5, 5.41) is 7.64. The second kappa shape index (κ2) is 7.19. The van der Waals surface area contributed by atoms with Gasteiger partial charge in [0.1, 0.15) is 18.4 Å². The van der Waals surface area contributed by atoms with E-state index in [1.807, 2.05) is 32.0 Å². The molecule has 132 valence electrons. The fourth-order valence-corrected chi connectivity index (χ4v) is 2.91. The molecule has 1 aliphatic heterocycles. The highest BCUT2D eigenvalue weighted by Gasteiger charge is 2.15. The smallest absolute Gasteiger partial charge is 0.244 e. The number of hydrogen-bond donors (Lipinski definition) is 1. The van der Waals surface area contributed by atoms with Gasteiger partial charge in [0.15, 0.2) is 11.5 Å². The summed E-state index contributed by atoms with van der Waals surface area (Å²) in [6.07, 6.45) is 3.14. The Balaban J connectivity index is 1.67. The third-order valence-electron chi connectivity index (χ3n) is 4.02. The number of ether oxygens (including phenoxy) is 2. The number of aryl methyl sites for hydroxylation is 2. The van der Waals surface area contributed by atoms with Gasteiger partial charge in [0.25, 0.3) is 0 Å². The Bertz CT molecular complexity index is 829. The average Bonchev–Trinajstić information content (AvgIpc) is 2.84. The third-order valence-corrected chi connectivity index (χ3v) is 4.47. The number of nitrogens with zero attached hydrogens (tertiary/aromatic N) is 2. The molecule has 1 aliphatic rings. The second-order valence-corrected chi connectivity index (χ2v) is 6.24. The number of nitrogens with one attached hydrogen (secondary N) is 1. The number of hydrogen-bond acceptors (Lipinski definition) is 4. The number of fused-ring (bicyclic) bond motifs is 1. The fraction of sp³-hybridized carbons (Fsp3) is 0.333. The minimum Gasteiger partial charge on any atom is -0.486 e. The van der Waals surface area contributed by atoms with Crippen LogP contribution in [0.25, 0.3) is 6.08 Å². The molecule has 1 aromatic heterocycles. The SMILES string of the molecule is Cc1nn(C)c(Cl)c1/C=C/C(=O)NC(C)c1ccc2c(c1)OCCO2. The molecule has 1 aromatic carbocycles. The molecule has 0 radical (unpaired) electrons. The summed E-state index contributed by atoms with van der Waals surface area (Å²) in [6.45, 7) is 4.85. The molecule has 0 bridgehead atoms. The van der Waals surface area contributed by atoms with Crippen LogP contribution in [0.5, 0.6) is 11.5 Å². The largest absolute Gasteiger partial charge is 0.486 e. The van der Waals surface area contributed by atoms with E-state index in [-0.39, 0.29) is 11.9 Å². The van der Waals surface area contributed by atoms with Gasteiger partial charge in [0, 0.05) is 18.7 Å². The maximum absolute atomic E-state index is 12.2. The summed E-state index contributed by atoms with van der Waals surface area (Å²) in [5.74, 6) is 1.23. The third kappa shape index (κ3) is 3.79. The molecular formula is C18H20ClN3O3. The van der Waals surface area contributed by atoms with Crippen molar-refractivity contribution in [3.8, 4) is 11.5 Å². The van der Waals surface area contributed by atoms with Crippen LogP contribution >= 0.6 is 11.6 Å². The first-order chi connectivity index (χ1) is 12.0. The molecule has 0 fully saturated rings. The molecule has 3 rings (SSSR count). The van der Waals surface area contributed by atoms with Crippen LogP contribution in [0.1, 0.15) is 29.8 Å². The highest BCUT2D eigenvalue weighted by Crippen LogP contribution is 2.32. The van der Waals surface area contributed by atoms with Gasteiger partial charge >= 0.3 is 0 Å². The van der Waals surface area contributed by atoms with Gasteiger partial charge in [-0.25, -0.2) is 0 Å². The van der Waals surface area contributed by atoms with Crippen LogP contribution in [0.15, 0.2) is 24.3 Å². The summed E-state index contributed by atoms with van der Waals surface area (Å²) in [7, 11) is 1.76. The monoisotopic (exact) mass is 361 g/mol. The van der Waals surface area contributed by atoms with Crippen LogP contribution in [0.4, 0.5) is 0 Å². The van der Waals surface area contributed by atoms with E-state index in [2.05, 4.69) is 10.4 Å². The zero-order chi connectivity index (χ0) is 18.0. The Morgan fingerprint density at radius 2 is 2.08 bits per heavy atom. The molecule has 1 atom stereocenters. The molecule has 7 heteroatoms. The van der Waals surface area contributed by atoms with Crippen LogP contribution < -0.4 is 14.8 Å². The minimum atomic E-state index is -0.207. The number of aromatic nitrogens is 2. The lowest BCUT2D eigenvalue weighted by molar-refractivity contribution is -0.117. The van der Waals surface area contributed by atoms with Gasteiger partial charge in [-0.05, 0) is 37.6 Å². The maximum Gasteiger partial charge on any atom is 0.244 e. The molecule has 6 nitrogen and oxygen atoms in total. The van der Waals surface area contributed by atoms with Crippen LogP contribution in [-0.4, -0.2) is 28.9 Å². The topological polar surface area (TPSA) is 65.4 Å². The minimum absolute atomic E-state index is 0.168. The normalized spacial score (nSPS) is 14.6. The van der Waals surface area contributed by atoms with E-state index >= 15 is 0 Å². The number of carbonyl (C=O) groups excluding carboxylic acids is 1. The predicted molar refractivity (Wildman–Crippen MR) is 96.0 cm³/mol. The first kappa shape index (κ1) is 17.4. The number of carbonyl (C=O) groups is 1. The van der Waals surface area contributed by atoms with Crippen molar-refractivity contribution >= 4 is 23.6 Å². The summed E-state index contributed by atoms with van der Waals surface area (Å²) >= 11 is 6.16. The molecule has 1 N–H and O–H groups in total. The average molecular weight is 362 g/mol. The van der Waals surface area contributed by atoms with Gasteiger partial charge in [0.2, 0.25) is 5.91 Å². The highest BCUT2D eigenvalue weighted by molar-refractivity contribution is 6.31. The molecule has 1 amide bonds. The Labute approximate surface area is 151 Å². The van der Waals surface area contributed by atoms with Crippen molar-refractivity contribution in [3.05, 3.63) is 46.2 Å². The van der Waals surface area contributed by atoms with Crippen molar-refractivity contribution in [1.29, 1.82) is 0 Å². The summed E-state index contributed by atoms with van der Waals surface area (Å²) in [6, 6.07) is 5.51. The second-order valence-electron chi connectivity index (χ2n) is 5.88. The van der Waals surface area contributed by atoms with Crippen LogP contribution in [0.3, 0.4) is 0 Å². The number of amides is 1. The number of rotatable bonds is 4. The number of halogens is 1. The van der Waals surface area contributed by atoms with Crippen LogP contribution in [-0.2, 0) is 11.8 Å². The van der Waals surface area contributed by atoms with Gasteiger partial charge in [-0.15, -0.1) is 0 Å². The predicted octanol–water partition coefficient (Wildman–Crippen LogP) is 3.04. The van der Waals surface area contributed by atoms with E-state index < -0.39 is 0 Å². The van der Waals surface area contributed by atoms with Crippen LogP contribution in [0.2, 0.25) is 5.15 Å². The Morgan fingerprint density at radius 1 is 1.36 bits per heavy atom. The lowest BCUT2D eigenvalue weighted by Crippen LogP contribution is -2.25. The van der Waals surface area contributed by atoms with Gasteiger partial charge in [-0.3, -0.25) is 9.48 Å².